The van der Waals surface area contributed by atoms with Gasteiger partial charge in [-0.1, -0.05) is 0 Å². The normalized spacial score (nSPS) is 22.4. The van der Waals surface area contributed by atoms with Crippen LogP contribution in [0.1, 0.15) is 31.3 Å². The number of Topliss-reactive ketones (excluding diaryl/α,β-unsaturated/α-hetero) is 1. The summed E-state index contributed by atoms with van der Waals surface area (Å²) in [7, 11) is 4.09. The number of ketones is 1. The maximum Gasteiger partial charge on any atom is 0.243 e. The minimum absolute atomic E-state index is 0.0314. The van der Waals surface area contributed by atoms with Crippen molar-refractivity contribution < 1.29 is 13.9 Å². The number of benzene rings is 2. The summed E-state index contributed by atoms with van der Waals surface area (Å²) < 4.78 is 8.72. The SMILES string of the molecule is C[n+]1ccn(C2CCN(c3ccc(N=C4CC(=O)C(N)=NC4=Nc4ccc(N5CCC(n6cc[n+](C)c6)C5)cc4)cc3)C2)c1. The smallest absolute Gasteiger partial charge is 0.243 e. The van der Waals surface area contributed by atoms with Crippen molar-refractivity contribution in [3.8, 4) is 0 Å². The first-order valence-corrected chi connectivity index (χ1v) is 15.2. The number of carbonyl (C=O) groups is 1. The fourth-order valence-electron chi connectivity index (χ4n) is 6.31. The lowest BCUT2D eigenvalue weighted by Crippen LogP contribution is -2.34. The molecular formula is C33H38N10O+2. The average molecular weight is 591 g/mol. The van der Waals surface area contributed by atoms with Crippen molar-refractivity contribution in [2.75, 3.05) is 36.0 Å². The molecule has 0 spiro atoms. The van der Waals surface area contributed by atoms with Gasteiger partial charge in [0.15, 0.2) is 11.7 Å². The third-order valence-corrected chi connectivity index (χ3v) is 8.78. The van der Waals surface area contributed by atoms with Crippen molar-refractivity contribution in [2.24, 2.45) is 34.8 Å². The quantitative estimate of drug-likeness (QED) is 0.349. The van der Waals surface area contributed by atoms with E-state index in [1.807, 2.05) is 38.4 Å². The van der Waals surface area contributed by atoms with Crippen LogP contribution in [0.4, 0.5) is 22.7 Å². The van der Waals surface area contributed by atoms with Crippen LogP contribution in [-0.4, -0.2) is 58.5 Å². The van der Waals surface area contributed by atoms with Crippen LogP contribution in [0.3, 0.4) is 0 Å². The molecule has 44 heavy (non-hydrogen) atoms. The van der Waals surface area contributed by atoms with Crippen molar-refractivity contribution in [1.82, 2.24) is 9.13 Å². The van der Waals surface area contributed by atoms with Crippen LogP contribution in [0.15, 0.2) is 101 Å². The number of hydrogen-bond donors (Lipinski definition) is 1. The summed E-state index contributed by atoms with van der Waals surface area (Å²) >= 11 is 0. The first-order valence-electron chi connectivity index (χ1n) is 15.2. The number of imidazole rings is 2. The maximum atomic E-state index is 12.5. The average Bonchev–Trinajstić information content (AvgIpc) is 3.84. The number of amidine groups is 2. The highest BCUT2D eigenvalue weighted by atomic mass is 16.1. The molecule has 2 saturated heterocycles. The molecule has 2 atom stereocenters. The Bertz CT molecular complexity index is 1760. The third-order valence-electron chi connectivity index (χ3n) is 8.78. The molecule has 2 aromatic heterocycles. The van der Waals surface area contributed by atoms with Gasteiger partial charge in [-0.05, 0) is 48.5 Å². The standard InChI is InChI=1S/C33H38N10O/c1-38-15-17-42(22-38)28-11-13-40(20-28)26-7-3-24(4-8-26)35-30-19-31(44)32(34)37-33(30)36-25-5-9-27(10-6-25)41-14-12-29(21-41)43-18-16-39(2)23-43/h3-10,15-18,22-23,28-29H,11-14,19-21H2,1-2H3,(H2,34,36,37)/q+2. The summed E-state index contributed by atoms with van der Waals surface area (Å²) in [5, 5.41) is 0. The van der Waals surface area contributed by atoms with Gasteiger partial charge >= 0.3 is 0 Å². The largest absolute Gasteiger partial charge is 0.381 e. The lowest BCUT2D eigenvalue weighted by molar-refractivity contribution is -0.671. The number of carbonyl (C=O) groups excluding carboxylic acids is 1. The molecule has 224 valence electrons. The Labute approximate surface area is 256 Å². The number of hydrogen-bond acceptors (Lipinski definition) is 6. The number of rotatable bonds is 6. The minimum atomic E-state index is -0.240. The monoisotopic (exact) mass is 590 g/mol. The van der Waals surface area contributed by atoms with Crippen molar-refractivity contribution in [3.63, 3.8) is 0 Å². The molecule has 0 aliphatic carbocycles. The second-order valence-electron chi connectivity index (χ2n) is 12.0. The van der Waals surface area contributed by atoms with Crippen LogP contribution in [0.2, 0.25) is 0 Å². The van der Waals surface area contributed by atoms with Gasteiger partial charge in [0, 0.05) is 37.3 Å². The highest BCUT2D eigenvalue weighted by Gasteiger charge is 2.29. The molecular weight excluding hydrogens is 552 g/mol. The van der Waals surface area contributed by atoms with E-state index in [0.29, 0.717) is 23.6 Å². The van der Waals surface area contributed by atoms with E-state index in [-0.39, 0.29) is 18.0 Å². The number of aliphatic imine (C=N–C) groups is 3. The van der Waals surface area contributed by atoms with Crippen molar-refractivity contribution in [1.29, 1.82) is 0 Å². The maximum absolute atomic E-state index is 12.5. The Morgan fingerprint density at radius 2 is 1.27 bits per heavy atom. The molecule has 2 unspecified atom stereocenters. The predicted octanol–water partition coefficient (Wildman–Crippen LogP) is 2.97. The number of aromatic nitrogens is 4. The summed E-state index contributed by atoms with van der Waals surface area (Å²) in [6.07, 6.45) is 15.0. The second kappa shape index (κ2) is 11.6. The van der Waals surface area contributed by atoms with Gasteiger partial charge in [0.05, 0.1) is 50.7 Å². The zero-order chi connectivity index (χ0) is 30.2. The van der Waals surface area contributed by atoms with E-state index in [4.69, 9.17) is 15.7 Å². The van der Waals surface area contributed by atoms with Gasteiger partial charge < -0.3 is 15.5 Å². The molecule has 0 bridgehead atoms. The molecule has 11 heteroatoms. The topological polar surface area (TPSA) is 104 Å². The zero-order valence-electron chi connectivity index (χ0n) is 25.2. The summed E-state index contributed by atoms with van der Waals surface area (Å²) in [6.45, 7) is 3.93. The molecule has 0 saturated carbocycles. The summed E-state index contributed by atoms with van der Waals surface area (Å²) in [5.41, 5.74) is 10.3. The first-order chi connectivity index (χ1) is 21.4. The van der Waals surface area contributed by atoms with Gasteiger partial charge in [-0.25, -0.2) is 33.2 Å². The van der Waals surface area contributed by atoms with E-state index in [0.717, 1.165) is 61.8 Å². The molecule has 2 aromatic carbocycles. The molecule has 3 aliphatic heterocycles. The summed E-state index contributed by atoms with van der Waals surface area (Å²) in [6, 6.07) is 17.2. The fraction of sp³-hybridized carbons (Fsp3) is 0.333. The molecule has 7 rings (SSSR count). The number of aryl methyl sites for hydroxylation is 2. The number of nitrogens with zero attached hydrogens (tertiary/aromatic N) is 9. The number of nitrogens with two attached hydrogens (primary N) is 1. The van der Waals surface area contributed by atoms with Crippen molar-refractivity contribution >= 4 is 45.9 Å². The minimum Gasteiger partial charge on any atom is -0.381 e. The Morgan fingerprint density at radius 3 is 1.75 bits per heavy atom. The van der Waals surface area contributed by atoms with Crippen LogP contribution >= 0.6 is 0 Å². The van der Waals surface area contributed by atoms with Crippen LogP contribution in [-0.2, 0) is 18.9 Å². The highest BCUT2D eigenvalue weighted by Crippen LogP contribution is 2.30. The van der Waals surface area contributed by atoms with Crippen LogP contribution in [0.25, 0.3) is 0 Å². The molecule has 0 radical (unpaired) electrons. The van der Waals surface area contributed by atoms with Crippen LogP contribution < -0.4 is 24.7 Å². The Morgan fingerprint density at radius 1 is 0.773 bits per heavy atom. The van der Waals surface area contributed by atoms with E-state index >= 15 is 0 Å². The van der Waals surface area contributed by atoms with E-state index in [9.17, 15) is 4.79 Å². The van der Waals surface area contributed by atoms with E-state index < -0.39 is 0 Å². The zero-order valence-corrected chi connectivity index (χ0v) is 25.2. The Kier molecular flexibility index (Phi) is 7.29. The van der Waals surface area contributed by atoms with Gasteiger partial charge in [0.2, 0.25) is 18.4 Å². The second-order valence-corrected chi connectivity index (χ2v) is 12.0. The van der Waals surface area contributed by atoms with Gasteiger partial charge in [-0.2, -0.15) is 0 Å². The molecule has 5 heterocycles. The van der Waals surface area contributed by atoms with Gasteiger partial charge in [-0.15, -0.1) is 0 Å². The van der Waals surface area contributed by atoms with E-state index in [2.05, 4.69) is 94.8 Å². The lowest BCUT2D eigenvalue weighted by atomic mass is 10.1. The molecule has 0 amide bonds. The van der Waals surface area contributed by atoms with Gasteiger partial charge in [-0.3, -0.25) is 4.79 Å². The van der Waals surface area contributed by atoms with Crippen molar-refractivity contribution in [3.05, 3.63) is 86.0 Å². The van der Waals surface area contributed by atoms with E-state index in [1.54, 1.807) is 0 Å². The highest BCUT2D eigenvalue weighted by molar-refractivity contribution is 6.58. The van der Waals surface area contributed by atoms with Crippen molar-refractivity contribution in [2.45, 2.75) is 31.3 Å². The summed E-state index contributed by atoms with van der Waals surface area (Å²) in [4.78, 5) is 31.2. The lowest BCUT2D eigenvalue weighted by Gasteiger charge is -2.18. The Hall–Kier alpha value is -5.06. The Balaban J connectivity index is 1.05. The molecule has 11 nitrogen and oxygen atoms in total. The summed E-state index contributed by atoms with van der Waals surface area (Å²) in [5.74, 6) is 0.107. The molecule has 3 aliphatic rings. The van der Waals surface area contributed by atoms with Crippen LogP contribution in [0.5, 0.6) is 0 Å². The van der Waals surface area contributed by atoms with Gasteiger partial charge in [0.25, 0.3) is 0 Å². The first kappa shape index (κ1) is 27.8. The van der Waals surface area contributed by atoms with Gasteiger partial charge in [0.1, 0.15) is 36.9 Å². The van der Waals surface area contributed by atoms with E-state index in [1.165, 1.54) is 0 Å². The fourth-order valence-corrected chi connectivity index (χ4v) is 6.31. The number of anilines is 2. The molecule has 2 N–H and O–H groups in total. The van der Waals surface area contributed by atoms with Crippen LogP contribution in [0, 0.1) is 0 Å². The molecule has 4 aromatic rings. The molecule has 2 fully saturated rings. The third kappa shape index (κ3) is 5.77. The predicted molar refractivity (Wildman–Crippen MR) is 171 cm³/mol.